The molecule has 0 aliphatic heterocycles. The van der Waals surface area contributed by atoms with E-state index in [1.807, 2.05) is 18.2 Å². The first-order chi connectivity index (χ1) is 7.84. The number of hydrogen-bond acceptors (Lipinski definition) is 3. The molecule has 0 aliphatic carbocycles. The van der Waals surface area contributed by atoms with Gasteiger partial charge in [-0.25, -0.2) is 4.98 Å². The van der Waals surface area contributed by atoms with Crippen LogP contribution in [0.5, 0.6) is 5.75 Å². The van der Waals surface area contributed by atoms with Gasteiger partial charge >= 0.3 is 0 Å². The lowest BCUT2D eigenvalue weighted by molar-refractivity contribution is 0.322. The molecule has 2 rings (SSSR count). The van der Waals surface area contributed by atoms with Crippen LogP contribution in [0, 0.1) is 0 Å². The highest BCUT2D eigenvalue weighted by molar-refractivity contribution is 5.35. The van der Waals surface area contributed by atoms with Crippen LogP contribution in [-0.4, -0.2) is 11.6 Å². The number of pyridine rings is 1. The molecule has 3 heteroatoms. The quantitative estimate of drug-likeness (QED) is 0.849. The Morgan fingerprint density at radius 1 is 1.12 bits per heavy atom. The molecule has 0 atom stereocenters. The smallest absolute Gasteiger partial charge is 0.126 e. The maximum atomic E-state index is 5.57. The van der Waals surface area contributed by atoms with Gasteiger partial charge in [-0.1, -0.05) is 30.3 Å². The van der Waals surface area contributed by atoms with Crippen molar-refractivity contribution >= 4 is 5.82 Å². The monoisotopic (exact) mass is 214 g/mol. The molecule has 1 aromatic heterocycles. The molecule has 0 bridgehead atoms. The molecule has 0 saturated carbocycles. The van der Waals surface area contributed by atoms with Gasteiger partial charge in [0, 0.05) is 18.7 Å². The third kappa shape index (κ3) is 2.98. The fourth-order valence-electron chi connectivity index (χ4n) is 1.45. The Morgan fingerprint density at radius 2 is 1.94 bits per heavy atom. The standard InChI is InChI=1S/C13H14N2O/c14-13-10-12(6-8-15-13)16-9-7-11-4-2-1-3-5-11/h1-6,8,10H,7,9H2,(H2,14,15). The summed E-state index contributed by atoms with van der Waals surface area (Å²) in [5, 5.41) is 0. The SMILES string of the molecule is Nc1cc(OCCc2ccccc2)ccn1. The maximum absolute atomic E-state index is 5.57. The summed E-state index contributed by atoms with van der Waals surface area (Å²) < 4.78 is 5.57. The van der Waals surface area contributed by atoms with E-state index in [9.17, 15) is 0 Å². The first-order valence-electron chi connectivity index (χ1n) is 5.23. The molecule has 0 fully saturated rings. The minimum absolute atomic E-state index is 0.484. The van der Waals surface area contributed by atoms with Crippen LogP contribution in [-0.2, 0) is 6.42 Å². The third-order valence-electron chi connectivity index (χ3n) is 2.25. The van der Waals surface area contributed by atoms with E-state index < -0.39 is 0 Å². The topological polar surface area (TPSA) is 48.1 Å². The van der Waals surface area contributed by atoms with Crippen LogP contribution in [0.4, 0.5) is 5.82 Å². The van der Waals surface area contributed by atoms with Crippen molar-refractivity contribution < 1.29 is 4.74 Å². The third-order valence-corrected chi connectivity index (χ3v) is 2.25. The van der Waals surface area contributed by atoms with Crippen molar-refractivity contribution in [2.45, 2.75) is 6.42 Å². The number of nitrogens with zero attached hydrogens (tertiary/aromatic N) is 1. The molecule has 0 spiro atoms. The minimum atomic E-state index is 0.484. The van der Waals surface area contributed by atoms with Crippen LogP contribution in [0.1, 0.15) is 5.56 Å². The van der Waals surface area contributed by atoms with Crippen LogP contribution >= 0.6 is 0 Å². The highest BCUT2D eigenvalue weighted by atomic mass is 16.5. The molecule has 2 aromatic rings. The Labute approximate surface area is 94.9 Å². The van der Waals surface area contributed by atoms with E-state index in [0.29, 0.717) is 12.4 Å². The van der Waals surface area contributed by atoms with Crippen molar-refractivity contribution in [1.29, 1.82) is 0 Å². The molecule has 16 heavy (non-hydrogen) atoms. The van der Waals surface area contributed by atoms with Crippen molar-refractivity contribution in [3.63, 3.8) is 0 Å². The number of nitrogen functional groups attached to an aromatic ring is 1. The summed E-state index contributed by atoms with van der Waals surface area (Å²) >= 11 is 0. The fraction of sp³-hybridized carbons (Fsp3) is 0.154. The number of aromatic nitrogens is 1. The van der Waals surface area contributed by atoms with Gasteiger partial charge in [0.15, 0.2) is 0 Å². The molecule has 0 unspecified atom stereocenters. The molecule has 1 aromatic carbocycles. The van der Waals surface area contributed by atoms with Crippen LogP contribution in [0.3, 0.4) is 0 Å². The molecule has 0 radical (unpaired) electrons. The minimum Gasteiger partial charge on any atom is -0.493 e. The second kappa shape index (κ2) is 5.16. The van der Waals surface area contributed by atoms with E-state index in [1.165, 1.54) is 5.56 Å². The van der Waals surface area contributed by atoms with Gasteiger partial charge in [0.2, 0.25) is 0 Å². The van der Waals surface area contributed by atoms with E-state index >= 15 is 0 Å². The number of benzene rings is 1. The first kappa shape index (κ1) is 10.5. The summed E-state index contributed by atoms with van der Waals surface area (Å²) in [5.74, 6) is 1.25. The molecule has 0 saturated heterocycles. The molecular formula is C13H14N2O. The summed E-state index contributed by atoms with van der Waals surface area (Å²) in [7, 11) is 0. The lowest BCUT2D eigenvalue weighted by Crippen LogP contribution is -2.01. The molecule has 82 valence electrons. The van der Waals surface area contributed by atoms with E-state index in [0.717, 1.165) is 12.2 Å². The maximum Gasteiger partial charge on any atom is 0.126 e. The van der Waals surface area contributed by atoms with Gasteiger partial charge in [-0.2, -0.15) is 0 Å². The van der Waals surface area contributed by atoms with Crippen molar-refractivity contribution in [3.05, 3.63) is 54.2 Å². The molecule has 2 N–H and O–H groups in total. The van der Waals surface area contributed by atoms with E-state index in [2.05, 4.69) is 17.1 Å². The molecular weight excluding hydrogens is 200 g/mol. The normalized spacial score (nSPS) is 10.0. The Balaban J connectivity index is 1.85. The van der Waals surface area contributed by atoms with E-state index in [1.54, 1.807) is 18.3 Å². The van der Waals surface area contributed by atoms with E-state index in [-0.39, 0.29) is 0 Å². The molecule has 0 aliphatic rings. The van der Waals surface area contributed by atoms with Crippen molar-refractivity contribution in [2.24, 2.45) is 0 Å². The van der Waals surface area contributed by atoms with Crippen LogP contribution in [0.15, 0.2) is 48.7 Å². The van der Waals surface area contributed by atoms with Gasteiger partial charge in [0.25, 0.3) is 0 Å². The summed E-state index contributed by atoms with van der Waals surface area (Å²) in [5.41, 5.74) is 6.82. The van der Waals surface area contributed by atoms with Gasteiger partial charge in [-0.3, -0.25) is 0 Å². The number of rotatable bonds is 4. The predicted octanol–water partition coefficient (Wildman–Crippen LogP) is 2.29. The Morgan fingerprint density at radius 3 is 2.69 bits per heavy atom. The van der Waals surface area contributed by atoms with Gasteiger partial charge < -0.3 is 10.5 Å². The number of nitrogens with two attached hydrogens (primary N) is 1. The zero-order chi connectivity index (χ0) is 11.2. The second-order valence-electron chi connectivity index (χ2n) is 3.50. The molecule has 3 nitrogen and oxygen atoms in total. The molecule has 0 amide bonds. The zero-order valence-electron chi connectivity index (χ0n) is 8.97. The van der Waals surface area contributed by atoms with Crippen molar-refractivity contribution in [1.82, 2.24) is 4.98 Å². The highest BCUT2D eigenvalue weighted by Crippen LogP contribution is 2.12. The van der Waals surface area contributed by atoms with Crippen molar-refractivity contribution in [3.8, 4) is 5.75 Å². The second-order valence-corrected chi connectivity index (χ2v) is 3.50. The number of hydrogen-bond donors (Lipinski definition) is 1. The lowest BCUT2D eigenvalue weighted by Gasteiger charge is -2.06. The van der Waals surface area contributed by atoms with Crippen molar-refractivity contribution in [2.75, 3.05) is 12.3 Å². The number of anilines is 1. The average molecular weight is 214 g/mol. The summed E-state index contributed by atoms with van der Waals surface area (Å²) in [6, 6.07) is 13.8. The first-order valence-corrected chi connectivity index (χ1v) is 5.23. The van der Waals surface area contributed by atoms with Gasteiger partial charge in [-0.05, 0) is 11.6 Å². The van der Waals surface area contributed by atoms with Gasteiger partial charge in [0.1, 0.15) is 11.6 Å². The fourth-order valence-corrected chi connectivity index (χ4v) is 1.45. The molecule has 1 heterocycles. The van der Waals surface area contributed by atoms with Gasteiger partial charge in [0.05, 0.1) is 6.61 Å². The highest BCUT2D eigenvalue weighted by Gasteiger charge is 1.96. The lowest BCUT2D eigenvalue weighted by atomic mass is 10.2. The summed E-state index contributed by atoms with van der Waals surface area (Å²) in [6.45, 7) is 0.646. The zero-order valence-corrected chi connectivity index (χ0v) is 8.97. The summed E-state index contributed by atoms with van der Waals surface area (Å²) in [4.78, 5) is 3.90. The average Bonchev–Trinajstić information content (AvgIpc) is 2.30. The van der Waals surface area contributed by atoms with Crippen LogP contribution < -0.4 is 10.5 Å². The van der Waals surface area contributed by atoms with Crippen LogP contribution in [0.25, 0.3) is 0 Å². The predicted molar refractivity (Wildman–Crippen MR) is 64.3 cm³/mol. The largest absolute Gasteiger partial charge is 0.493 e. The Kier molecular flexibility index (Phi) is 3.38. The van der Waals surface area contributed by atoms with Gasteiger partial charge in [-0.15, -0.1) is 0 Å². The number of ether oxygens (including phenoxy) is 1. The van der Waals surface area contributed by atoms with Crippen LogP contribution in [0.2, 0.25) is 0 Å². The Bertz CT molecular complexity index is 443. The Hall–Kier alpha value is -2.03. The van der Waals surface area contributed by atoms with E-state index in [4.69, 9.17) is 10.5 Å². The summed E-state index contributed by atoms with van der Waals surface area (Å²) in [6.07, 6.45) is 2.54.